The summed E-state index contributed by atoms with van der Waals surface area (Å²) in [6.45, 7) is 6.11. The van der Waals surface area contributed by atoms with Crippen LogP contribution in [0.1, 0.15) is 50.2 Å². The zero-order valence-corrected chi connectivity index (χ0v) is 15.1. The van der Waals surface area contributed by atoms with Crippen molar-refractivity contribution < 1.29 is 0 Å². The minimum absolute atomic E-state index is 0.312. The fraction of sp³-hybridized carbons (Fsp3) is 0.400. The second-order valence-corrected chi connectivity index (χ2v) is 7.05. The number of aromatic nitrogens is 4. The smallest absolute Gasteiger partial charge is 0.183 e. The highest BCUT2D eigenvalue weighted by Gasteiger charge is 2.28. The average molecular weight is 346 g/mol. The lowest BCUT2D eigenvalue weighted by Gasteiger charge is -2.34. The van der Waals surface area contributed by atoms with Crippen LogP contribution in [0.3, 0.4) is 0 Å². The quantitative estimate of drug-likeness (QED) is 0.724. The fourth-order valence-electron chi connectivity index (χ4n) is 3.92. The van der Waals surface area contributed by atoms with Crippen molar-refractivity contribution in [1.29, 1.82) is 5.26 Å². The topological polar surface area (TPSA) is 70.6 Å². The molecular formula is C20H22N6. The van der Waals surface area contributed by atoms with E-state index in [1.54, 1.807) is 12.4 Å². The van der Waals surface area contributed by atoms with Gasteiger partial charge in [0.05, 0.1) is 11.0 Å². The minimum atomic E-state index is 0.312. The van der Waals surface area contributed by atoms with E-state index < -0.39 is 0 Å². The molecule has 1 aliphatic heterocycles. The third-order valence-electron chi connectivity index (χ3n) is 5.01. The molecule has 132 valence electrons. The van der Waals surface area contributed by atoms with Gasteiger partial charge in [0.2, 0.25) is 0 Å². The molecule has 0 unspecified atom stereocenters. The lowest BCUT2D eigenvalue weighted by atomic mass is 9.96. The van der Waals surface area contributed by atoms with Gasteiger partial charge in [-0.15, -0.1) is 0 Å². The van der Waals surface area contributed by atoms with Crippen LogP contribution >= 0.6 is 0 Å². The van der Waals surface area contributed by atoms with E-state index in [0.29, 0.717) is 23.5 Å². The van der Waals surface area contributed by atoms with Crippen LogP contribution in [0, 0.1) is 11.3 Å². The molecule has 0 N–H and O–H groups in total. The Morgan fingerprint density at radius 2 is 2.00 bits per heavy atom. The zero-order chi connectivity index (χ0) is 18.1. The second kappa shape index (κ2) is 6.75. The van der Waals surface area contributed by atoms with Crippen molar-refractivity contribution in [1.82, 2.24) is 19.5 Å². The number of nitrogens with zero attached hydrogens (tertiary/aromatic N) is 6. The van der Waals surface area contributed by atoms with Crippen molar-refractivity contribution in [2.24, 2.45) is 0 Å². The molecule has 0 radical (unpaired) electrons. The Labute approximate surface area is 153 Å². The van der Waals surface area contributed by atoms with Crippen LogP contribution in [0.5, 0.6) is 0 Å². The largest absolute Gasteiger partial charge is 0.353 e. The number of anilines is 1. The Hall–Kier alpha value is -2.94. The zero-order valence-electron chi connectivity index (χ0n) is 15.1. The van der Waals surface area contributed by atoms with Gasteiger partial charge in [-0.3, -0.25) is 0 Å². The second-order valence-electron chi connectivity index (χ2n) is 7.05. The summed E-state index contributed by atoms with van der Waals surface area (Å²) in [5.74, 6) is 2.13. The summed E-state index contributed by atoms with van der Waals surface area (Å²) in [6, 6.07) is 10.8. The van der Waals surface area contributed by atoms with Crippen LogP contribution in [0.15, 0.2) is 36.7 Å². The maximum atomic E-state index is 9.35. The first-order valence-corrected chi connectivity index (χ1v) is 9.12. The maximum Gasteiger partial charge on any atom is 0.183 e. The fourth-order valence-corrected chi connectivity index (χ4v) is 3.92. The molecule has 1 aromatic carbocycles. The predicted molar refractivity (Wildman–Crippen MR) is 101 cm³/mol. The van der Waals surface area contributed by atoms with Crippen LogP contribution in [-0.4, -0.2) is 32.6 Å². The van der Waals surface area contributed by atoms with Crippen molar-refractivity contribution >= 4 is 16.9 Å². The molecule has 4 rings (SSSR count). The van der Waals surface area contributed by atoms with Gasteiger partial charge in [0.15, 0.2) is 11.5 Å². The normalized spacial score (nSPS) is 17.6. The molecule has 3 heterocycles. The van der Waals surface area contributed by atoms with E-state index in [1.165, 1.54) is 5.52 Å². The molecule has 1 aliphatic rings. The van der Waals surface area contributed by atoms with E-state index in [1.807, 2.05) is 6.07 Å². The summed E-state index contributed by atoms with van der Waals surface area (Å²) in [5, 5.41) is 9.35. The van der Waals surface area contributed by atoms with Crippen LogP contribution in [0.4, 0.5) is 5.82 Å². The van der Waals surface area contributed by atoms with E-state index in [0.717, 1.165) is 37.3 Å². The SMILES string of the molecule is CC(C)n1c([C@H]2CCCN(c3nccnc3C#N)C2)nc2ccccc21. The van der Waals surface area contributed by atoms with Crippen LogP contribution < -0.4 is 4.90 Å². The molecule has 6 heteroatoms. The van der Waals surface area contributed by atoms with Gasteiger partial charge >= 0.3 is 0 Å². The molecule has 1 saturated heterocycles. The highest BCUT2D eigenvalue weighted by Crippen LogP contribution is 2.33. The Morgan fingerprint density at radius 3 is 2.81 bits per heavy atom. The molecule has 2 aromatic heterocycles. The molecule has 0 aliphatic carbocycles. The number of nitriles is 1. The summed E-state index contributed by atoms with van der Waals surface area (Å²) >= 11 is 0. The van der Waals surface area contributed by atoms with Crippen molar-refractivity contribution in [2.75, 3.05) is 18.0 Å². The number of benzene rings is 1. The molecule has 1 fully saturated rings. The lowest BCUT2D eigenvalue weighted by molar-refractivity contribution is 0.457. The summed E-state index contributed by atoms with van der Waals surface area (Å²) in [7, 11) is 0. The van der Waals surface area contributed by atoms with Gasteiger partial charge in [0, 0.05) is 37.4 Å². The summed E-state index contributed by atoms with van der Waals surface area (Å²) in [6.07, 6.45) is 5.37. The van der Waals surface area contributed by atoms with Gasteiger partial charge in [0.25, 0.3) is 0 Å². The summed E-state index contributed by atoms with van der Waals surface area (Å²) < 4.78 is 2.35. The third-order valence-corrected chi connectivity index (χ3v) is 5.01. The number of imidazole rings is 1. The van der Waals surface area contributed by atoms with Gasteiger partial charge in [-0.05, 0) is 38.8 Å². The highest BCUT2D eigenvalue weighted by atomic mass is 15.2. The standard InChI is InChI=1S/C20H22N6/c1-14(2)26-18-8-4-3-7-16(18)24-19(26)15-6-5-11-25(13-15)20-17(12-21)22-9-10-23-20/h3-4,7-10,14-15H,5-6,11,13H2,1-2H3/t15-/m0/s1. The van der Waals surface area contributed by atoms with Crippen LogP contribution in [0.2, 0.25) is 0 Å². The van der Waals surface area contributed by atoms with Gasteiger partial charge in [0.1, 0.15) is 11.9 Å². The number of para-hydroxylation sites is 2. The average Bonchev–Trinajstić information content (AvgIpc) is 3.08. The number of hydrogen-bond acceptors (Lipinski definition) is 5. The van der Waals surface area contributed by atoms with E-state index >= 15 is 0 Å². The Balaban J connectivity index is 1.72. The van der Waals surface area contributed by atoms with Crippen molar-refractivity contribution in [3.63, 3.8) is 0 Å². The van der Waals surface area contributed by atoms with E-state index in [4.69, 9.17) is 4.98 Å². The Kier molecular flexibility index (Phi) is 4.29. The van der Waals surface area contributed by atoms with Crippen molar-refractivity contribution in [3.8, 4) is 6.07 Å². The van der Waals surface area contributed by atoms with Crippen molar-refractivity contribution in [2.45, 2.75) is 38.6 Å². The van der Waals surface area contributed by atoms with Gasteiger partial charge in [-0.25, -0.2) is 15.0 Å². The molecule has 3 aromatic rings. The molecule has 0 bridgehead atoms. The monoisotopic (exact) mass is 346 g/mol. The molecular weight excluding hydrogens is 324 g/mol. The first-order valence-electron chi connectivity index (χ1n) is 9.12. The number of piperidine rings is 1. The van der Waals surface area contributed by atoms with Gasteiger partial charge in [-0.2, -0.15) is 5.26 Å². The molecule has 0 amide bonds. The first kappa shape index (κ1) is 16.5. The maximum absolute atomic E-state index is 9.35. The van der Waals surface area contributed by atoms with Gasteiger partial charge in [-0.1, -0.05) is 12.1 Å². The number of hydrogen-bond donors (Lipinski definition) is 0. The van der Waals surface area contributed by atoms with E-state index in [9.17, 15) is 5.26 Å². The minimum Gasteiger partial charge on any atom is -0.353 e. The molecule has 26 heavy (non-hydrogen) atoms. The van der Waals surface area contributed by atoms with E-state index in [-0.39, 0.29) is 0 Å². The first-order chi connectivity index (χ1) is 12.7. The van der Waals surface area contributed by atoms with Crippen molar-refractivity contribution in [3.05, 3.63) is 48.2 Å². The molecule has 0 spiro atoms. The highest BCUT2D eigenvalue weighted by molar-refractivity contribution is 5.76. The lowest BCUT2D eigenvalue weighted by Crippen LogP contribution is -2.36. The number of rotatable bonds is 3. The molecule has 6 nitrogen and oxygen atoms in total. The van der Waals surface area contributed by atoms with Gasteiger partial charge < -0.3 is 9.47 Å². The molecule has 1 atom stereocenters. The predicted octanol–water partition coefficient (Wildman–Crippen LogP) is 3.66. The Bertz CT molecular complexity index is 968. The third kappa shape index (κ3) is 2.80. The summed E-state index contributed by atoms with van der Waals surface area (Å²) in [5.41, 5.74) is 2.63. The van der Waals surface area contributed by atoms with E-state index in [2.05, 4.69) is 57.6 Å². The Morgan fingerprint density at radius 1 is 1.19 bits per heavy atom. The summed E-state index contributed by atoms with van der Waals surface area (Å²) in [4.78, 5) is 15.7. The van der Waals surface area contributed by atoms with Crippen LogP contribution in [-0.2, 0) is 0 Å². The molecule has 0 saturated carbocycles. The van der Waals surface area contributed by atoms with Crippen LogP contribution in [0.25, 0.3) is 11.0 Å². The number of fused-ring (bicyclic) bond motifs is 1.